The number of esters is 1. The number of carbonyl (C=O) groups excluding carboxylic acids is 2. The van der Waals surface area contributed by atoms with Crippen LogP contribution in [-0.2, 0) is 28.5 Å². The summed E-state index contributed by atoms with van der Waals surface area (Å²) in [7, 11) is 3.30. The standard InChI is InChI=1S/C14H27NO6/c1-18-11-7-15(8-12-19-2)6-5-14(17)21-10-4-3-9-20-13-16/h13H,3-12H2,1-2H3. The maximum atomic E-state index is 11.6. The molecule has 0 unspecified atom stereocenters. The molecule has 0 aliphatic heterocycles. The van der Waals surface area contributed by atoms with Crippen LogP contribution in [0.3, 0.4) is 0 Å². The van der Waals surface area contributed by atoms with E-state index in [1.807, 2.05) is 0 Å². The Morgan fingerprint density at radius 1 is 0.952 bits per heavy atom. The van der Waals surface area contributed by atoms with Gasteiger partial charge < -0.3 is 18.9 Å². The average Bonchev–Trinajstić information content (AvgIpc) is 2.50. The van der Waals surface area contributed by atoms with Crippen LogP contribution in [0.25, 0.3) is 0 Å². The molecule has 0 aliphatic carbocycles. The number of unbranched alkanes of at least 4 members (excludes halogenated alkanes) is 1. The van der Waals surface area contributed by atoms with Gasteiger partial charge in [0.25, 0.3) is 6.47 Å². The molecule has 0 aromatic carbocycles. The van der Waals surface area contributed by atoms with Crippen LogP contribution < -0.4 is 0 Å². The van der Waals surface area contributed by atoms with Crippen molar-refractivity contribution in [1.29, 1.82) is 0 Å². The predicted molar refractivity (Wildman–Crippen MR) is 77.0 cm³/mol. The van der Waals surface area contributed by atoms with Gasteiger partial charge in [-0.15, -0.1) is 0 Å². The minimum Gasteiger partial charge on any atom is -0.468 e. The van der Waals surface area contributed by atoms with Gasteiger partial charge in [-0.1, -0.05) is 0 Å². The summed E-state index contributed by atoms with van der Waals surface area (Å²) >= 11 is 0. The normalized spacial score (nSPS) is 10.6. The molecule has 0 saturated heterocycles. The van der Waals surface area contributed by atoms with E-state index in [1.54, 1.807) is 14.2 Å². The molecular weight excluding hydrogens is 278 g/mol. The SMILES string of the molecule is COCCN(CCOC)CCC(=O)OCCCCOC=O. The third-order valence-corrected chi connectivity index (χ3v) is 2.84. The second kappa shape index (κ2) is 15.2. The van der Waals surface area contributed by atoms with Gasteiger partial charge in [0.05, 0.1) is 32.8 Å². The Labute approximate surface area is 126 Å². The summed E-state index contributed by atoms with van der Waals surface area (Å²) in [4.78, 5) is 23.6. The van der Waals surface area contributed by atoms with Gasteiger partial charge in [0.15, 0.2) is 0 Å². The molecule has 0 heterocycles. The Morgan fingerprint density at radius 2 is 1.57 bits per heavy atom. The first-order chi connectivity index (χ1) is 10.2. The van der Waals surface area contributed by atoms with E-state index in [4.69, 9.17) is 14.2 Å². The van der Waals surface area contributed by atoms with Crippen LogP contribution in [0.1, 0.15) is 19.3 Å². The summed E-state index contributed by atoms with van der Waals surface area (Å²) in [5.41, 5.74) is 0. The number of nitrogens with zero attached hydrogens (tertiary/aromatic N) is 1. The van der Waals surface area contributed by atoms with E-state index in [1.165, 1.54) is 0 Å². The number of hydrogen-bond donors (Lipinski definition) is 0. The monoisotopic (exact) mass is 305 g/mol. The van der Waals surface area contributed by atoms with E-state index in [2.05, 4.69) is 9.64 Å². The van der Waals surface area contributed by atoms with E-state index in [-0.39, 0.29) is 5.97 Å². The first-order valence-electron chi connectivity index (χ1n) is 7.15. The van der Waals surface area contributed by atoms with Gasteiger partial charge in [-0.2, -0.15) is 0 Å². The highest BCUT2D eigenvalue weighted by atomic mass is 16.5. The number of ether oxygens (including phenoxy) is 4. The molecule has 0 saturated carbocycles. The smallest absolute Gasteiger partial charge is 0.307 e. The van der Waals surface area contributed by atoms with Crippen molar-refractivity contribution >= 4 is 12.4 Å². The van der Waals surface area contributed by atoms with E-state index >= 15 is 0 Å². The summed E-state index contributed by atoms with van der Waals surface area (Å²) in [6, 6.07) is 0. The van der Waals surface area contributed by atoms with Gasteiger partial charge in [-0.25, -0.2) is 0 Å². The zero-order chi connectivity index (χ0) is 15.8. The fraction of sp³-hybridized carbons (Fsp3) is 0.857. The van der Waals surface area contributed by atoms with Gasteiger partial charge in [0.2, 0.25) is 0 Å². The number of hydrogen-bond acceptors (Lipinski definition) is 7. The van der Waals surface area contributed by atoms with Crippen molar-refractivity contribution in [2.75, 3.05) is 60.3 Å². The minimum atomic E-state index is -0.217. The molecule has 0 aromatic rings. The molecule has 124 valence electrons. The van der Waals surface area contributed by atoms with E-state index in [9.17, 15) is 9.59 Å². The van der Waals surface area contributed by atoms with Crippen LogP contribution in [0, 0.1) is 0 Å². The predicted octanol–water partition coefficient (Wildman–Crippen LogP) is 0.468. The Kier molecular flexibility index (Phi) is 14.4. The lowest BCUT2D eigenvalue weighted by Crippen LogP contribution is -2.33. The molecule has 0 amide bonds. The second-order valence-electron chi connectivity index (χ2n) is 4.47. The van der Waals surface area contributed by atoms with Crippen molar-refractivity contribution in [2.45, 2.75) is 19.3 Å². The highest BCUT2D eigenvalue weighted by Crippen LogP contribution is 1.97. The molecular formula is C14H27NO6. The summed E-state index contributed by atoms with van der Waals surface area (Å²) in [5, 5.41) is 0. The lowest BCUT2D eigenvalue weighted by Gasteiger charge is -2.20. The summed E-state index contributed by atoms with van der Waals surface area (Å²) in [5.74, 6) is -0.217. The molecule has 7 heteroatoms. The highest BCUT2D eigenvalue weighted by molar-refractivity contribution is 5.69. The molecule has 0 aliphatic rings. The van der Waals surface area contributed by atoms with E-state index in [0.29, 0.717) is 58.7 Å². The zero-order valence-corrected chi connectivity index (χ0v) is 13.0. The van der Waals surface area contributed by atoms with Crippen LogP contribution in [0.2, 0.25) is 0 Å². The molecule has 0 rings (SSSR count). The van der Waals surface area contributed by atoms with Gasteiger partial charge in [-0.05, 0) is 12.8 Å². The van der Waals surface area contributed by atoms with E-state index in [0.717, 1.165) is 13.1 Å². The number of rotatable bonds is 15. The third kappa shape index (κ3) is 13.6. The van der Waals surface area contributed by atoms with Crippen molar-refractivity contribution in [2.24, 2.45) is 0 Å². The molecule has 0 N–H and O–H groups in total. The van der Waals surface area contributed by atoms with Crippen LogP contribution in [-0.4, -0.2) is 77.6 Å². The highest BCUT2D eigenvalue weighted by Gasteiger charge is 2.09. The Balaban J connectivity index is 3.67. The van der Waals surface area contributed by atoms with Gasteiger partial charge >= 0.3 is 5.97 Å². The average molecular weight is 305 g/mol. The Morgan fingerprint density at radius 3 is 2.14 bits per heavy atom. The topological polar surface area (TPSA) is 74.3 Å². The van der Waals surface area contributed by atoms with Gasteiger partial charge in [0.1, 0.15) is 0 Å². The van der Waals surface area contributed by atoms with Crippen LogP contribution in [0.4, 0.5) is 0 Å². The quantitative estimate of drug-likeness (QED) is 0.247. The minimum absolute atomic E-state index is 0.217. The third-order valence-electron chi connectivity index (χ3n) is 2.84. The zero-order valence-electron chi connectivity index (χ0n) is 13.0. The van der Waals surface area contributed by atoms with Gasteiger partial charge in [-0.3, -0.25) is 14.5 Å². The molecule has 0 atom stereocenters. The summed E-state index contributed by atoms with van der Waals surface area (Å²) in [6.07, 6.45) is 1.73. The molecule has 7 nitrogen and oxygen atoms in total. The first kappa shape index (κ1) is 19.8. The first-order valence-corrected chi connectivity index (χ1v) is 7.15. The van der Waals surface area contributed by atoms with E-state index < -0.39 is 0 Å². The number of methoxy groups -OCH3 is 2. The Bertz CT molecular complexity index is 254. The fourth-order valence-corrected chi connectivity index (χ4v) is 1.62. The summed E-state index contributed by atoms with van der Waals surface area (Å²) < 4.78 is 19.7. The van der Waals surface area contributed by atoms with Crippen LogP contribution in [0.5, 0.6) is 0 Å². The maximum Gasteiger partial charge on any atom is 0.307 e. The Hall–Kier alpha value is -1.18. The molecule has 0 aromatic heterocycles. The van der Waals surface area contributed by atoms with Crippen molar-refractivity contribution < 1.29 is 28.5 Å². The van der Waals surface area contributed by atoms with Crippen molar-refractivity contribution in [1.82, 2.24) is 4.90 Å². The molecule has 21 heavy (non-hydrogen) atoms. The summed E-state index contributed by atoms with van der Waals surface area (Å²) in [6.45, 7) is 4.53. The molecule has 0 fully saturated rings. The van der Waals surface area contributed by atoms with Crippen molar-refractivity contribution in [3.8, 4) is 0 Å². The van der Waals surface area contributed by atoms with Crippen molar-refractivity contribution in [3.63, 3.8) is 0 Å². The molecule has 0 radical (unpaired) electrons. The molecule has 0 spiro atoms. The lowest BCUT2D eigenvalue weighted by atomic mass is 10.3. The number of carbonyl (C=O) groups is 2. The maximum absolute atomic E-state index is 11.6. The van der Waals surface area contributed by atoms with Crippen LogP contribution in [0.15, 0.2) is 0 Å². The largest absolute Gasteiger partial charge is 0.468 e. The van der Waals surface area contributed by atoms with Gasteiger partial charge in [0, 0.05) is 33.9 Å². The lowest BCUT2D eigenvalue weighted by molar-refractivity contribution is -0.144. The second-order valence-corrected chi connectivity index (χ2v) is 4.47. The molecule has 0 bridgehead atoms. The van der Waals surface area contributed by atoms with Crippen molar-refractivity contribution in [3.05, 3.63) is 0 Å². The van der Waals surface area contributed by atoms with Crippen LogP contribution >= 0.6 is 0 Å². The fourth-order valence-electron chi connectivity index (χ4n) is 1.62.